The van der Waals surface area contributed by atoms with E-state index >= 15 is 0 Å². The van der Waals surface area contributed by atoms with Crippen molar-refractivity contribution in [2.75, 3.05) is 38.6 Å². The van der Waals surface area contributed by atoms with Crippen LogP contribution in [0.4, 0.5) is 5.69 Å². The number of anilines is 1. The van der Waals surface area contributed by atoms with E-state index in [2.05, 4.69) is 66.0 Å². The van der Waals surface area contributed by atoms with Gasteiger partial charge in [0.25, 0.3) is 5.56 Å². The summed E-state index contributed by atoms with van der Waals surface area (Å²) in [5, 5.41) is 5.00. The number of thiocarbonyl (C=S) groups is 1. The fourth-order valence-corrected chi connectivity index (χ4v) is 4.37. The van der Waals surface area contributed by atoms with Crippen LogP contribution in [0.15, 0.2) is 47.3 Å². The second kappa shape index (κ2) is 12.0. The van der Waals surface area contributed by atoms with Gasteiger partial charge in [0.1, 0.15) is 5.75 Å². The van der Waals surface area contributed by atoms with Crippen molar-refractivity contribution in [1.82, 2.24) is 14.8 Å². The predicted molar refractivity (Wildman–Crippen MR) is 146 cm³/mol. The minimum atomic E-state index is -0.108. The van der Waals surface area contributed by atoms with Gasteiger partial charge >= 0.3 is 0 Å². The number of aromatic amines is 1. The second-order valence-corrected chi connectivity index (χ2v) is 9.01. The number of rotatable bonds is 10. The molecule has 0 aliphatic heterocycles. The molecule has 0 aliphatic carbocycles. The maximum absolute atomic E-state index is 12.9. The van der Waals surface area contributed by atoms with Gasteiger partial charge in [-0.2, -0.15) is 0 Å². The fraction of sp³-hybridized carbons (Fsp3) is 0.407. The third-order valence-electron chi connectivity index (χ3n) is 6.20. The Bertz CT molecular complexity index is 1190. The molecule has 3 rings (SSSR count). The SMILES string of the molecule is CCN(CC)CCCN(Cc1cc2ccc(OC)cc2[nH]c1=O)C(=S)Nc1ccc(C)cc1C. The van der Waals surface area contributed by atoms with Gasteiger partial charge in [-0.3, -0.25) is 4.79 Å². The molecular formula is C27H36N4O2S. The molecule has 0 radical (unpaired) electrons. The molecule has 0 amide bonds. The van der Waals surface area contributed by atoms with Gasteiger partial charge in [0, 0.05) is 23.9 Å². The number of methoxy groups -OCH3 is 1. The molecule has 1 heterocycles. The zero-order chi connectivity index (χ0) is 24.7. The second-order valence-electron chi connectivity index (χ2n) is 8.63. The van der Waals surface area contributed by atoms with Gasteiger partial charge < -0.3 is 24.8 Å². The maximum Gasteiger partial charge on any atom is 0.253 e. The third-order valence-corrected chi connectivity index (χ3v) is 6.56. The molecule has 2 N–H and O–H groups in total. The standard InChI is InChI=1S/C27H36N4O2S/c1-6-30(7-2)13-8-14-31(27(34)29-24-12-9-19(3)15-20(24)4)18-22-16-21-10-11-23(33-5)17-25(21)28-26(22)32/h9-12,15-17H,6-8,13-14,18H2,1-5H3,(H,28,32)(H,29,34). The minimum absolute atomic E-state index is 0.108. The first kappa shape index (κ1) is 25.7. The summed E-state index contributed by atoms with van der Waals surface area (Å²) in [6.45, 7) is 12.7. The van der Waals surface area contributed by atoms with Crippen LogP contribution in [-0.2, 0) is 6.54 Å². The summed E-state index contributed by atoms with van der Waals surface area (Å²) in [7, 11) is 1.62. The quantitative estimate of drug-likeness (QED) is 0.395. The van der Waals surface area contributed by atoms with Crippen LogP contribution in [0.5, 0.6) is 5.75 Å². The number of H-pyrrole nitrogens is 1. The van der Waals surface area contributed by atoms with Crippen molar-refractivity contribution in [3.63, 3.8) is 0 Å². The first-order valence-electron chi connectivity index (χ1n) is 11.9. The van der Waals surface area contributed by atoms with Crippen LogP contribution in [0.1, 0.15) is 37.0 Å². The van der Waals surface area contributed by atoms with Crippen molar-refractivity contribution in [3.8, 4) is 5.75 Å². The summed E-state index contributed by atoms with van der Waals surface area (Å²) < 4.78 is 5.28. The van der Waals surface area contributed by atoms with E-state index in [-0.39, 0.29) is 5.56 Å². The monoisotopic (exact) mass is 480 g/mol. The summed E-state index contributed by atoms with van der Waals surface area (Å²) in [6.07, 6.45) is 0.957. The molecule has 0 aliphatic rings. The lowest BCUT2D eigenvalue weighted by Gasteiger charge is -2.28. The molecule has 2 aromatic carbocycles. The van der Waals surface area contributed by atoms with Crippen LogP contribution >= 0.6 is 12.2 Å². The fourth-order valence-electron chi connectivity index (χ4n) is 4.10. The predicted octanol–water partition coefficient (Wildman–Crippen LogP) is 5.08. The highest BCUT2D eigenvalue weighted by molar-refractivity contribution is 7.80. The largest absolute Gasteiger partial charge is 0.497 e. The summed E-state index contributed by atoms with van der Waals surface area (Å²) in [6, 6.07) is 13.9. The highest BCUT2D eigenvalue weighted by Crippen LogP contribution is 2.20. The van der Waals surface area contributed by atoms with Gasteiger partial charge in [-0.05, 0) is 87.3 Å². The lowest BCUT2D eigenvalue weighted by molar-refractivity contribution is 0.281. The number of hydrogen-bond acceptors (Lipinski definition) is 4. The molecular weight excluding hydrogens is 444 g/mol. The summed E-state index contributed by atoms with van der Waals surface area (Å²) in [5.41, 5.74) is 4.68. The van der Waals surface area contributed by atoms with Crippen LogP contribution in [0.25, 0.3) is 10.9 Å². The normalized spacial score (nSPS) is 11.1. The Balaban J connectivity index is 1.84. The van der Waals surface area contributed by atoms with E-state index in [1.165, 1.54) is 5.56 Å². The van der Waals surface area contributed by atoms with Crippen LogP contribution in [0.3, 0.4) is 0 Å². The van der Waals surface area contributed by atoms with Gasteiger partial charge in [-0.15, -0.1) is 0 Å². The smallest absolute Gasteiger partial charge is 0.253 e. The number of pyridine rings is 1. The summed E-state index contributed by atoms with van der Waals surface area (Å²) >= 11 is 5.83. The van der Waals surface area contributed by atoms with Crippen LogP contribution in [0, 0.1) is 13.8 Å². The molecule has 0 bridgehead atoms. The van der Waals surface area contributed by atoms with Gasteiger partial charge in [0.15, 0.2) is 5.11 Å². The first-order valence-corrected chi connectivity index (χ1v) is 12.3. The number of ether oxygens (including phenoxy) is 1. The molecule has 0 spiro atoms. The molecule has 0 saturated carbocycles. The van der Waals surface area contributed by atoms with Crippen LogP contribution in [0.2, 0.25) is 0 Å². The highest BCUT2D eigenvalue weighted by atomic mass is 32.1. The van der Waals surface area contributed by atoms with Crippen molar-refractivity contribution in [2.45, 2.75) is 40.7 Å². The van der Waals surface area contributed by atoms with E-state index in [1.807, 2.05) is 24.3 Å². The molecule has 6 nitrogen and oxygen atoms in total. The van der Waals surface area contributed by atoms with E-state index < -0.39 is 0 Å². The minimum Gasteiger partial charge on any atom is -0.497 e. The molecule has 7 heteroatoms. The Morgan fingerprint density at radius 1 is 1.06 bits per heavy atom. The average Bonchev–Trinajstić information content (AvgIpc) is 2.82. The zero-order valence-electron chi connectivity index (χ0n) is 20.9. The molecule has 1 aromatic heterocycles. The van der Waals surface area contributed by atoms with Gasteiger partial charge in [0.05, 0.1) is 19.2 Å². The third kappa shape index (κ3) is 6.58. The Morgan fingerprint density at radius 3 is 2.50 bits per heavy atom. The van der Waals surface area contributed by atoms with Crippen molar-refractivity contribution in [3.05, 3.63) is 69.5 Å². The topological polar surface area (TPSA) is 60.6 Å². The van der Waals surface area contributed by atoms with E-state index in [4.69, 9.17) is 17.0 Å². The molecule has 0 saturated heterocycles. The number of fused-ring (bicyclic) bond motifs is 1. The van der Waals surface area contributed by atoms with Crippen molar-refractivity contribution in [2.24, 2.45) is 0 Å². The molecule has 0 atom stereocenters. The molecule has 34 heavy (non-hydrogen) atoms. The van der Waals surface area contributed by atoms with Gasteiger partial charge in [0.2, 0.25) is 0 Å². The lowest BCUT2D eigenvalue weighted by atomic mass is 10.1. The number of benzene rings is 2. The molecule has 0 unspecified atom stereocenters. The van der Waals surface area contributed by atoms with Crippen LogP contribution < -0.4 is 15.6 Å². The van der Waals surface area contributed by atoms with E-state index in [0.717, 1.165) is 54.8 Å². The molecule has 182 valence electrons. The van der Waals surface area contributed by atoms with Crippen LogP contribution in [-0.4, -0.2) is 53.2 Å². The number of aromatic nitrogens is 1. The highest BCUT2D eigenvalue weighted by Gasteiger charge is 2.15. The van der Waals surface area contributed by atoms with E-state index in [1.54, 1.807) is 7.11 Å². The maximum atomic E-state index is 12.9. The lowest BCUT2D eigenvalue weighted by Crippen LogP contribution is -2.38. The van der Waals surface area contributed by atoms with Crippen molar-refractivity contribution in [1.29, 1.82) is 0 Å². The Labute approximate surface area is 207 Å². The first-order chi connectivity index (χ1) is 16.3. The average molecular weight is 481 g/mol. The Kier molecular flexibility index (Phi) is 9.07. The van der Waals surface area contributed by atoms with E-state index in [0.29, 0.717) is 23.0 Å². The Hall–Kier alpha value is -2.90. The number of aryl methyl sites for hydroxylation is 2. The number of nitrogens with zero attached hydrogens (tertiary/aromatic N) is 2. The number of hydrogen-bond donors (Lipinski definition) is 2. The summed E-state index contributed by atoms with van der Waals surface area (Å²) in [4.78, 5) is 20.4. The van der Waals surface area contributed by atoms with Crippen molar-refractivity contribution < 1.29 is 4.74 Å². The molecule has 0 fully saturated rings. The zero-order valence-corrected chi connectivity index (χ0v) is 21.7. The summed E-state index contributed by atoms with van der Waals surface area (Å²) in [5.74, 6) is 0.716. The number of nitrogens with one attached hydrogen (secondary N) is 2. The van der Waals surface area contributed by atoms with Gasteiger partial charge in [-0.25, -0.2) is 0 Å². The van der Waals surface area contributed by atoms with E-state index in [9.17, 15) is 4.79 Å². The molecule has 3 aromatic rings. The Morgan fingerprint density at radius 2 is 1.82 bits per heavy atom. The van der Waals surface area contributed by atoms with Gasteiger partial charge in [-0.1, -0.05) is 31.5 Å². The van der Waals surface area contributed by atoms with Crippen molar-refractivity contribution >= 4 is 33.9 Å².